The van der Waals surface area contributed by atoms with Gasteiger partial charge in [-0.05, 0) is 36.2 Å². The van der Waals surface area contributed by atoms with Crippen molar-refractivity contribution in [2.24, 2.45) is 5.14 Å². The number of nitrogens with zero attached hydrogens (tertiary/aromatic N) is 1. The third kappa shape index (κ3) is 4.58. The van der Waals surface area contributed by atoms with Crippen LogP contribution in [0.1, 0.15) is 11.3 Å². The van der Waals surface area contributed by atoms with Crippen LogP contribution in [0.25, 0.3) is 11.5 Å². The fourth-order valence-corrected chi connectivity index (χ4v) is 2.86. The fraction of sp³-hybridized carbons (Fsp3) is 0.176. The summed E-state index contributed by atoms with van der Waals surface area (Å²) in [7, 11) is -3.69. The quantitative estimate of drug-likeness (QED) is 0.644. The van der Waals surface area contributed by atoms with Crippen LogP contribution in [0.3, 0.4) is 0 Å². The zero-order chi connectivity index (χ0) is 18.6. The number of hydrogen-bond acceptors (Lipinski definition) is 6. The largest absolute Gasteiger partial charge is 0.461 e. The number of primary sulfonamides is 1. The molecule has 9 heteroatoms. The van der Waals surface area contributed by atoms with Crippen molar-refractivity contribution in [3.05, 3.63) is 60.0 Å². The Bertz CT molecular complexity index is 976. The molecule has 0 aliphatic carbocycles. The number of aromatic nitrogens is 1. The van der Waals surface area contributed by atoms with Gasteiger partial charge in [0, 0.05) is 12.6 Å². The molecule has 0 aliphatic rings. The number of nitrogens with one attached hydrogen (secondary N) is 1. The number of benzene rings is 1. The first-order valence-corrected chi connectivity index (χ1v) is 9.34. The Morgan fingerprint density at radius 3 is 2.58 bits per heavy atom. The summed E-state index contributed by atoms with van der Waals surface area (Å²) in [6, 6.07) is 11.4. The Morgan fingerprint density at radius 1 is 1.15 bits per heavy atom. The highest BCUT2D eigenvalue weighted by Crippen LogP contribution is 2.20. The minimum Gasteiger partial charge on any atom is -0.461 e. The van der Waals surface area contributed by atoms with Crippen LogP contribution in [-0.2, 0) is 27.7 Å². The molecule has 0 unspecified atom stereocenters. The predicted molar refractivity (Wildman–Crippen MR) is 92.4 cm³/mol. The fourth-order valence-electron chi connectivity index (χ4n) is 2.35. The van der Waals surface area contributed by atoms with Gasteiger partial charge in [0.1, 0.15) is 0 Å². The van der Waals surface area contributed by atoms with Gasteiger partial charge >= 0.3 is 0 Å². The molecular formula is C17H17N3O5S. The number of amides is 1. The van der Waals surface area contributed by atoms with E-state index in [1.807, 2.05) is 0 Å². The van der Waals surface area contributed by atoms with Crippen LogP contribution < -0.4 is 10.5 Å². The number of carbonyl (C=O) groups excluding carboxylic acids is 1. The van der Waals surface area contributed by atoms with E-state index in [4.69, 9.17) is 14.1 Å². The third-order valence-corrected chi connectivity index (χ3v) is 4.58. The molecule has 3 N–H and O–H groups in total. The van der Waals surface area contributed by atoms with E-state index < -0.39 is 10.0 Å². The van der Waals surface area contributed by atoms with Crippen molar-refractivity contribution in [2.45, 2.75) is 17.7 Å². The van der Waals surface area contributed by atoms with E-state index in [1.54, 1.807) is 30.3 Å². The normalized spacial score (nSPS) is 11.4. The summed E-state index contributed by atoms with van der Waals surface area (Å²) in [4.78, 5) is 12.0. The first-order valence-electron chi connectivity index (χ1n) is 7.80. The second kappa shape index (κ2) is 7.54. The molecule has 1 aromatic carbocycles. The second-order valence-corrected chi connectivity index (χ2v) is 7.19. The lowest BCUT2D eigenvalue weighted by atomic mass is 10.1. The molecule has 0 radical (unpaired) electrons. The highest BCUT2D eigenvalue weighted by molar-refractivity contribution is 7.89. The Balaban J connectivity index is 1.47. The zero-order valence-corrected chi connectivity index (χ0v) is 14.5. The molecule has 0 aliphatic heterocycles. The monoisotopic (exact) mass is 375 g/mol. The lowest BCUT2D eigenvalue weighted by Crippen LogP contribution is -2.27. The summed E-state index contributed by atoms with van der Waals surface area (Å²) in [5, 5.41) is 11.7. The molecule has 0 saturated heterocycles. The van der Waals surface area contributed by atoms with Crippen LogP contribution in [0.5, 0.6) is 0 Å². The smallest absolute Gasteiger partial charge is 0.238 e. The van der Waals surface area contributed by atoms with Crippen LogP contribution >= 0.6 is 0 Å². The molecule has 0 atom stereocenters. The van der Waals surface area contributed by atoms with Gasteiger partial charge in [0.05, 0.1) is 23.3 Å². The maximum Gasteiger partial charge on any atom is 0.238 e. The van der Waals surface area contributed by atoms with E-state index in [1.165, 1.54) is 18.4 Å². The molecular weight excluding hydrogens is 358 g/mol. The highest BCUT2D eigenvalue weighted by atomic mass is 32.2. The summed E-state index contributed by atoms with van der Waals surface area (Å²) in [5.41, 5.74) is 1.39. The van der Waals surface area contributed by atoms with Gasteiger partial charge in [-0.1, -0.05) is 17.3 Å². The Kier molecular flexibility index (Phi) is 5.19. The molecule has 136 valence electrons. The molecule has 3 rings (SSSR count). The van der Waals surface area contributed by atoms with Gasteiger partial charge in [-0.3, -0.25) is 4.79 Å². The van der Waals surface area contributed by atoms with Gasteiger partial charge in [-0.15, -0.1) is 0 Å². The first kappa shape index (κ1) is 17.9. The maximum absolute atomic E-state index is 12.0. The van der Waals surface area contributed by atoms with Crippen LogP contribution in [0.4, 0.5) is 0 Å². The zero-order valence-electron chi connectivity index (χ0n) is 13.7. The van der Waals surface area contributed by atoms with Gasteiger partial charge in [0.2, 0.25) is 21.7 Å². The van der Waals surface area contributed by atoms with Crippen molar-refractivity contribution < 1.29 is 22.2 Å². The van der Waals surface area contributed by atoms with Crippen molar-refractivity contribution in [1.29, 1.82) is 0 Å². The van der Waals surface area contributed by atoms with Gasteiger partial charge in [-0.2, -0.15) is 0 Å². The summed E-state index contributed by atoms with van der Waals surface area (Å²) >= 11 is 0. The third-order valence-electron chi connectivity index (χ3n) is 3.65. The van der Waals surface area contributed by atoms with Gasteiger partial charge in [0.25, 0.3) is 0 Å². The summed E-state index contributed by atoms with van der Waals surface area (Å²) in [6.45, 7) is 0.413. The molecule has 0 fully saturated rings. The molecule has 3 aromatic rings. The highest BCUT2D eigenvalue weighted by Gasteiger charge is 2.12. The molecule has 26 heavy (non-hydrogen) atoms. The number of furan rings is 1. The SMILES string of the molecule is NS(=O)(=O)c1ccc(CCNC(=O)Cc2cc(-c3ccco3)on2)cc1. The van der Waals surface area contributed by atoms with E-state index in [9.17, 15) is 13.2 Å². The number of sulfonamides is 1. The van der Waals surface area contributed by atoms with Crippen molar-refractivity contribution in [3.8, 4) is 11.5 Å². The molecule has 0 spiro atoms. The second-order valence-electron chi connectivity index (χ2n) is 5.63. The summed E-state index contributed by atoms with van der Waals surface area (Å²) in [6.07, 6.45) is 2.18. The molecule has 2 heterocycles. The van der Waals surface area contributed by atoms with E-state index in [-0.39, 0.29) is 17.2 Å². The number of nitrogens with two attached hydrogens (primary N) is 1. The molecule has 0 saturated carbocycles. The molecule has 1 amide bonds. The van der Waals surface area contributed by atoms with Crippen LogP contribution in [0.15, 0.2) is 62.6 Å². The molecule has 8 nitrogen and oxygen atoms in total. The van der Waals surface area contributed by atoms with Crippen molar-refractivity contribution in [2.75, 3.05) is 6.54 Å². The topological polar surface area (TPSA) is 128 Å². The predicted octanol–water partition coefficient (Wildman–Crippen LogP) is 1.48. The Hall–Kier alpha value is -2.91. The maximum atomic E-state index is 12.0. The van der Waals surface area contributed by atoms with Gasteiger partial charge in [0.15, 0.2) is 5.76 Å². The lowest BCUT2D eigenvalue weighted by molar-refractivity contribution is -0.120. The first-order chi connectivity index (χ1) is 12.4. The van der Waals surface area contributed by atoms with Crippen LogP contribution in [0.2, 0.25) is 0 Å². The Labute approximate surface area is 150 Å². The minimum absolute atomic E-state index is 0.0590. The lowest BCUT2D eigenvalue weighted by Gasteiger charge is -2.05. The minimum atomic E-state index is -3.69. The molecule has 0 bridgehead atoms. The standard InChI is InChI=1S/C17H17N3O5S/c18-26(22,23)14-5-3-12(4-6-14)7-8-19-17(21)11-13-10-16(25-20-13)15-2-1-9-24-15/h1-6,9-10H,7-8,11H2,(H,19,21)(H2,18,22,23). The van der Waals surface area contributed by atoms with Crippen LogP contribution in [0, 0.1) is 0 Å². The van der Waals surface area contributed by atoms with E-state index in [2.05, 4.69) is 10.5 Å². The Morgan fingerprint density at radius 2 is 1.92 bits per heavy atom. The summed E-state index contributed by atoms with van der Waals surface area (Å²) < 4.78 is 32.7. The average molecular weight is 375 g/mol. The number of hydrogen-bond donors (Lipinski definition) is 2. The average Bonchev–Trinajstić information content (AvgIpc) is 3.25. The van der Waals surface area contributed by atoms with Crippen molar-refractivity contribution >= 4 is 15.9 Å². The van der Waals surface area contributed by atoms with E-state index in [0.29, 0.717) is 30.2 Å². The van der Waals surface area contributed by atoms with Gasteiger partial charge < -0.3 is 14.3 Å². The van der Waals surface area contributed by atoms with Crippen molar-refractivity contribution in [1.82, 2.24) is 10.5 Å². The molecule has 2 aromatic heterocycles. The number of rotatable bonds is 7. The van der Waals surface area contributed by atoms with Crippen LogP contribution in [-0.4, -0.2) is 26.0 Å². The summed E-state index contributed by atoms with van der Waals surface area (Å²) in [5.74, 6) is 0.824. The van der Waals surface area contributed by atoms with E-state index in [0.717, 1.165) is 5.56 Å². The van der Waals surface area contributed by atoms with E-state index >= 15 is 0 Å². The van der Waals surface area contributed by atoms with Crippen molar-refractivity contribution in [3.63, 3.8) is 0 Å². The number of carbonyl (C=O) groups is 1. The van der Waals surface area contributed by atoms with Gasteiger partial charge in [-0.25, -0.2) is 13.6 Å².